The number of hydrogen-bond donors (Lipinski definition) is 0. The Morgan fingerprint density at radius 2 is 1.35 bits per heavy atom. The summed E-state index contributed by atoms with van der Waals surface area (Å²) in [6, 6.07) is 18.9. The highest BCUT2D eigenvalue weighted by atomic mass is 16.6. The molecule has 0 radical (unpaired) electrons. The molecule has 2 rings (SSSR count). The molecule has 0 bridgehead atoms. The van der Waals surface area contributed by atoms with Crippen molar-refractivity contribution >= 4 is 12.6 Å². The van der Waals surface area contributed by atoms with Gasteiger partial charge in [-0.2, -0.15) is 0 Å². The average Bonchev–Trinajstić information content (AvgIpc) is 2.61. The van der Waals surface area contributed by atoms with Crippen molar-refractivity contribution in [1.82, 2.24) is 0 Å². The highest BCUT2D eigenvalue weighted by Crippen LogP contribution is 2.17. The largest absolute Gasteiger partial charge is 0.493 e. The summed E-state index contributed by atoms with van der Waals surface area (Å²) >= 11 is 0. The first kappa shape index (κ1) is 17.8. The molecule has 2 nitrogen and oxygen atoms in total. The number of rotatable bonds is 10. The lowest BCUT2D eigenvalue weighted by Crippen LogP contribution is -2.37. The van der Waals surface area contributed by atoms with Crippen LogP contribution in [0.25, 0.3) is 11.1 Å². The third-order valence-electron chi connectivity index (χ3n) is 3.80. The lowest BCUT2D eigenvalue weighted by Gasteiger charge is -2.16. The standard InChI is InChI=1S/C20H27BO2/c1-3-5-15-22-21(23-16-6-4-2)20-14-10-13-19(17-20)18-11-8-7-9-12-18/h7-14,17H,3-6,15-16H2,1-2H3. The fourth-order valence-electron chi connectivity index (χ4n) is 2.41. The van der Waals surface area contributed by atoms with Crippen LogP contribution in [0.4, 0.5) is 0 Å². The van der Waals surface area contributed by atoms with E-state index in [9.17, 15) is 0 Å². The maximum absolute atomic E-state index is 5.98. The van der Waals surface area contributed by atoms with Crippen molar-refractivity contribution in [2.24, 2.45) is 0 Å². The summed E-state index contributed by atoms with van der Waals surface area (Å²) < 4.78 is 12.0. The van der Waals surface area contributed by atoms with Gasteiger partial charge < -0.3 is 9.31 Å². The van der Waals surface area contributed by atoms with Gasteiger partial charge in [-0.25, -0.2) is 0 Å². The van der Waals surface area contributed by atoms with E-state index < -0.39 is 0 Å². The molecule has 0 aromatic heterocycles. The van der Waals surface area contributed by atoms with Gasteiger partial charge in [0.15, 0.2) is 0 Å². The van der Waals surface area contributed by atoms with E-state index in [-0.39, 0.29) is 7.12 Å². The molecule has 2 aromatic rings. The zero-order valence-corrected chi connectivity index (χ0v) is 14.3. The van der Waals surface area contributed by atoms with E-state index >= 15 is 0 Å². The fourth-order valence-corrected chi connectivity index (χ4v) is 2.41. The van der Waals surface area contributed by atoms with Crippen molar-refractivity contribution in [3.63, 3.8) is 0 Å². The second-order valence-electron chi connectivity index (χ2n) is 5.77. The number of hydrogen-bond acceptors (Lipinski definition) is 2. The molecule has 0 unspecified atom stereocenters. The lowest BCUT2D eigenvalue weighted by atomic mass is 9.77. The third-order valence-corrected chi connectivity index (χ3v) is 3.80. The molecular weight excluding hydrogens is 283 g/mol. The Morgan fingerprint density at radius 3 is 1.96 bits per heavy atom. The van der Waals surface area contributed by atoms with E-state index in [1.54, 1.807) is 0 Å². The zero-order valence-electron chi connectivity index (χ0n) is 14.3. The van der Waals surface area contributed by atoms with Crippen LogP contribution < -0.4 is 5.46 Å². The van der Waals surface area contributed by atoms with Crippen LogP contribution in [0.3, 0.4) is 0 Å². The molecule has 23 heavy (non-hydrogen) atoms. The van der Waals surface area contributed by atoms with Crippen LogP contribution in [-0.2, 0) is 9.31 Å². The van der Waals surface area contributed by atoms with Crippen LogP contribution in [0.2, 0.25) is 0 Å². The normalized spacial score (nSPS) is 10.7. The van der Waals surface area contributed by atoms with E-state index in [0.29, 0.717) is 0 Å². The summed E-state index contributed by atoms with van der Waals surface area (Å²) in [7, 11) is -0.267. The Balaban J connectivity index is 2.13. The van der Waals surface area contributed by atoms with Gasteiger partial charge in [-0.1, -0.05) is 81.3 Å². The summed E-state index contributed by atoms with van der Waals surface area (Å²) in [4.78, 5) is 0. The summed E-state index contributed by atoms with van der Waals surface area (Å²) in [6.45, 7) is 5.82. The van der Waals surface area contributed by atoms with Crippen molar-refractivity contribution in [3.05, 3.63) is 54.6 Å². The SMILES string of the molecule is CCCCOB(OCCCC)c1cccc(-c2ccccc2)c1. The van der Waals surface area contributed by atoms with Gasteiger partial charge in [0, 0.05) is 13.2 Å². The molecule has 0 aliphatic carbocycles. The molecule has 0 aliphatic heterocycles. The summed E-state index contributed by atoms with van der Waals surface area (Å²) in [5.41, 5.74) is 3.51. The van der Waals surface area contributed by atoms with Gasteiger partial charge in [0.25, 0.3) is 0 Å². The molecule has 0 fully saturated rings. The number of benzene rings is 2. The first-order valence-electron chi connectivity index (χ1n) is 8.73. The van der Waals surface area contributed by atoms with Gasteiger partial charge in [0.2, 0.25) is 0 Å². The summed E-state index contributed by atoms with van der Waals surface area (Å²) in [6.07, 6.45) is 4.38. The van der Waals surface area contributed by atoms with E-state index in [1.165, 1.54) is 11.1 Å². The topological polar surface area (TPSA) is 18.5 Å². The second-order valence-corrected chi connectivity index (χ2v) is 5.77. The second kappa shape index (κ2) is 10.2. The lowest BCUT2D eigenvalue weighted by molar-refractivity contribution is 0.202. The summed E-state index contributed by atoms with van der Waals surface area (Å²) in [5.74, 6) is 0. The van der Waals surface area contributed by atoms with E-state index in [2.05, 4.69) is 62.4 Å². The van der Waals surface area contributed by atoms with Gasteiger partial charge in [0.05, 0.1) is 0 Å². The Morgan fingerprint density at radius 1 is 0.739 bits per heavy atom. The minimum absolute atomic E-state index is 0.267. The van der Waals surface area contributed by atoms with Crippen molar-refractivity contribution in [2.75, 3.05) is 13.2 Å². The van der Waals surface area contributed by atoms with Gasteiger partial charge in [0.1, 0.15) is 0 Å². The highest BCUT2D eigenvalue weighted by Gasteiger charge is 2.21. The minimum atomic E-state index is -0.267. The van der Waals surface area contributed by atoms with Crippen molar-refractivity contribution in [1.29, 1.82) is 0 Å². The van der Waals surface area contributed by atoms with Crippen LogP contribution in [0.1, 0.15) is 39.5 Å². The fraction of sp³-hybridized carbons (Fsp3) is 0.400. The maximum Gasteiger partial charge on any atom is 0.493 e. The van der Waals surface area contributed by atoms with Gasteiger partial charge in [-0.3, -0.25) is 0 Å². The molecule has 0 atom stereocenters. The molecule has 3 heteroatoms. The predicted octanol–water partition coefficient (Wildman–Crippen LogP) is 4.68. The van der Waals surface area contributed by atoms with Gasteiger partial charge in [-0.15, -0.1) is 0 Å². The van der Waals surface area contributed by atoms with Crippen molar-refractivity contribution in [2.45, 2.75) is 39.5 Å². The first-order valence-corrected chi connectivity index (χ1v) is 8.73. The smallest absolute Gasteiger partial charge is 0.407 e. The zero-order chi connectivity index (χ0) is 16.3. The monoisotopic (exact) mass is 310 g/mol. The molecule has 0 aliphatic rings. The Kier molecular flexibility index (Phi) is 7.92. The first-order chi connectivity index (χ1) is 11.3. The Labute approximate surface area is 141 Å². The molecule has 0 heterocycles. The Bertz CT molecular complexity index is 547. The van der Waals surface area contributed by atoms with Crippen LogP contribution in [0.15, 0.2) is 54.6 Å². The highest BCUT2D eigenvalue weighted by molar-refractivity contribution is 6.61. The van der Waals surface area contributed by atoms with E-state index in [4.69, 9.17) is 9.31 Å². The predicted molar refractivity (Wildman–Crippen MR) is 99.0 cm³/mol. The molecule has 0 N–H and O–H groups in total. The molecular formula is C20H27BO2. The molecule has 2 aromatic carbocycles. The van der Waals surface area contributed by atoms with Gasteiger partial charge in [-0.05, 0) is 29.4 Å². The number of unbranched alkanes of at least 4 members (excludes halogenated alkanes) is 2. The average molecular weight is 310 g/mol. The molecule has 122 valence electrons. The maximum atomic E-state index is 5.98. The van der Waals surface area contributed by atoms with Crippen LogP contribution >= 0.6 is 0 Å². The summed E-state index contributed by atoms with van der Waals surface area (Å²) in [5, 5.41) is 0. The van der Waals surface area contributed by atoms with Crippen molar-refractivity contribution in [3.8, 4) is 11.1 Å². The van der Waals surface area contributed by atoms with Crippen LogP contribution in [-0.4, -0.2) is 20.3 Å². The van der Waals surface area contributed by atoms with E-state index in [0.717, 1.165) is 44.4 Å². The molecule has 0 saturated heterocycles. The molecule has 0 spiro atoms. The molecule has 0 amide bonds. The van der Waals surface area contributed by atoms with Crippen LogP contribution in [0.5, 0.6) is 0 Å². The van der Waals surface area contributed by atoms with E-state index in [1.807, 2.05) is 6.07 Å². The quantitative estimate of drug-likeness (QED) is 0.468. The van der Waals surface area contributed by atoms with Crippen molar-refractivity contribution < 1.29 is 9.31 Å². The third kappa shape index (κ3) is 5.85. The molecule has 0 saturated carbocycles. The van der Waals surface area contributed by atoms with Crippen LogP contribution in [0, 0.1) is 0 Å². The van der Waals surface area contributed by atoms with Gasteiger partial charge >= 0.3 is 7.12 Å². The minimum Gasteiger partial charge on any atom is -0.407 e. The Hall–Kier alpha value is -1.58.